The van der Waals surface area contributed by atoms with Gasteiger partial charge in [0.05, 0.1) is 11.6 Å². The SMILES string of the molecule is O=C(c1cccnc1F)N1CCC(N2C(=O)OCC2c2ccccc2)CC1. The number of benzene rings is 1. The second-order valence-corrected chi connectivity index (χ2v) is 6.78. The Balaban J connectivity index is 1.45. The van der Waals surface area contributed by atoms with Crippen molar-refractivity contribution in [2.45, 2.75) is 24.9 Å². The second-order valence-electron chi connectivity index (χ2n) is 6.78. The van der Waals surface area contributed by atoms with Crippen LogP contribution < -0.4 is 0 Å². The lowest BCUT2D eigenvalue weighted by atomic mass is 9.99. The maximum Gasteiger partial charge on any atom is 0.410 e. The van der Waals surface area contributed by atoms with Crippen LogP contribution in [0.5, 0.6) is 0 Å². The van der Waals surface area contributed by atoms with E-state index < -0.39 is 5.95 Å². The minimum Gasteiger partial charge on any atom is -0.447 e. The number of nitrogens with zero attached hydrogens (tertiary/aromatic N) is 3. The van der Waals surface area contributed by atoms with Crippen LogP contribution >= 0.6 is 0 Å². The first-order valence-corrected chi connectivity index (χ1v) is 9.05. The van der Waals surface area contributed by atoms with E-state index in [0.717, 1.165) is 5.56 Å². The molecule has 1 aromatic carbocycles. The number of hydrogen-bond donors (Lipinski definition) is 0. The Labute approximate surface area is 156 Å². The molecule has 2 amide bonds. The van der Waals surface area contributed by atoms with Crippen LogP contribution in [-0.2, 0) is 4.74 Å². The Morgan fingerprint density at radius 3 is 2.56 bits per heavy atom. The molecule has 2 fully saturated rings. The lowest BCUT2D eigenvalue weighted by molar-refractivity contribution is 0.0631. The molecule has 2 saturated heterocycles. The molecule has 2 aromatic rings. The summed E-state index contributed by atoms with van der Waals surface area (Å²) in [7, 11) is 0. The van der Waals surface area contributed by atoms with Gasteiger partial charge in [-0.05, 0) is 30.5 Å². The number of likely N-dealkylation sites (tertiary alicyclic amines) is 1. The number of carbonyl (C=O) groups is 2. The van der Waals surface area contributed by atoms with Crippen LogP contribution in [0.2, 0.25) is 0 Å². The summed E-state index contributed by atoms with van der Waals surface area (Å²) in [6.07, 6.45) is 2.27. The van der Waals surface area contributed by atoms with Crippen LogP contribution in [0.1, 0.15) is 34.8 Å². The van der Waals surface area contributed by atoms with Gasteiger partial charge in [0.15, 0.2) is 0 Å². The lowest BCUT2D eigenvalue weighted by Crippen LogP contribution is -2.48. The zero-order chi connectivity index (χ0) is 18.8. The molecule has 0 saturated carbocycles. The number of ether oxygens (including phenoxy) is 1. The quantitative estimate of drug-likeness (QED) is 0.781. The minimum absolute atomic E-state index is 0.00648. The van der Waals surface area contributed by atoms with Crippen LogP contribution in [0, 0.1) is 5.95 Å². The van der Waals surface area contributed by atoms with Gasteiger partial charge in [-0.2, -0.15) is 4.39 Å². The highest BCUT2D eigenvalue weighted by atomic mass is 19.1. The maximum absolute atomic E-state index is 13.8. The summed E-state index contributed by atoms with van der Waals surface area (Å²) in [5.41, 5.74) is 1.03. The number of amides is 2. The van der Waals surface area contributed by atoms with Crippen molar-refractivity contribution < 1.29 is 18.7 Å². The van der Waals surface area contributed by atoms with Gasteiger partial charge >= 0.3 is 6.09 Å². The monoisotopic (exact) mass is 369 g/mol. The Morgan fingerprint density at radius 2 is 1.85 bits per heavy atom. The Morgan fingerprint density at radius 1 is 1.11 bits per heavy atom. The molecule has 3 heterocycles. The van der Waals surface area contributed by atoms with Crippen molar-refractivity contribution in [3.05, 3.63) is 65.7 Å². The maximum atomic E-state index is 13.8. The van der Waals surface area contributed by atoms with Gasteiger partial charge in [0.25, 0.3) is 5.91 Å². The number of hydrogen-bond acceptors (Lipinski definition) is 4. The average molecular weight is 369 g/mol. The first-order chi connectivity index (χ1) is 13.1. The zero-order valence-electron chi connectivity index (χ0n) is 14.8. The van der Waals surface area contributed by atoms with Crippen molar-refractivity contribution in [2.24, 2.45) is 0 Å². The third-order valence-corrected chi connectivity index (χ3v) is 5.23. The summed E-state index contributed by atoms with van der Waals surface area (Å²) >= 11 is 0. The standard InChI is InChI=1S/C20H20FN3O3/c21-18-16(7-4-10-22-18)19(25)23-11-8-15(9-12-23)24-17(13-27-20(24)26)14-5-2-1-3-6-14/h1-7,10,15,17H,8-9,11-13H2. The molecule has 7 heteroatoms. The molecule has 0 N–H and O–H groups in total. The second kappa shape index (κ2) is 7.34. The first kappa shape index (κ1) is 17.5. The summed E-state index contributed by atoms with van der Waals surface area (Å²) in [4.78, 5) is 31.8. The summed E-state index contributed by atoms with van der Waals surface area (Å²) in [5, 5.41) is 0. The van der Waals surface area contributed by atoms with E-state index in [0.29, 0.717) is 32.5 Å². The predicted octanol–water partition coefficient (Wildman–Crippen LogP) is 3.02. The summed E-state index contributed by atoms with van der Waals surface area (Å²) < 4.78 is 19.1. The van der Waals surface area contributed by atoms with E-state index in [-0.39, 0.29) is 29.6 Å². The molecule has 1 atom stereocenters. The molecule has 0 spiro atoms. The van der Waals surface area contributed by atoms with Gasteiger partial charge in [0.2, 0.25) is 5.95 Å². The highest BCUT2D eigenvalue weighted by molar-refractivity contribution is 5.94. The number of carbonyl (C=O) groups excluding carboxylic acids is 2. The molecule has 0 radical (unpaired) electrons. The van der Waals surface area contributed by atoms with E-state index in [2.05, 4.69) is 4.98 Å². The van der Waals surface area contributed by atoms with E-state index >= 15 is 0 Å². The minimum atomic E-state index is -0.753. The van der Waals surface area contributed by atoms with Crippen LogP contribution in [0.3, 0.4) is 0 Å². The first-order valence-electron chi connectivity index (χ1n) is 9.05. The number of aromatic nitrogens is 1. The van der Waals surface area contributed by atoms with Crippen molar-refractivity contribution in [3.63, 3.8) is 0 Å². The Kier molecular flexibility index (Phi) is 4.75. The normalized spacial score (nSPS) is 20.6. The van der Waals surface area contributed by atoms with Gasteiger partial charge < -0.3 is 9.64 Å². The van der Waals surface area contributed by atoms with E-state index in [1.807, 2.05) is 30.3 Å². The molecule has 2 aliphatic heterocycles. The van der Waals surface area contributed by atoms with Crippen LogP contribution in [0.15, 0.2) is 48.7 Å². The smallest absolute Gasteiger partial charge is 0.410 e. The highest BCUT2D eigenvalue weighted by Crippen LogP contribution is 2.33. The van der Waals surface area contributed by atoms with Crippen molar-refractivity contribution in [3.8, 4) is 0 Å². The van der Waals surface area contributed by atoms with Crippen LogP contribution in [0.4, 0.5) is 9.18 Å². The van der Waals surface area contributed by atoms with E-state index in [1.54, 1.807) is 15.9 Å². The fraction of sp³-hybridized carbons (Fsp3) is 0.350. The fourth-order valence-corrected chi connectivity index (χ4v) is 3.83. The molecule has 6 nitrogen and oxygen atoms in total. The summed E-state index contributed by atoms with van der Waals surface area (Å²) in [6, 6.07) is 12.7. The van der Waals surface area contributed by atoms with E-state index in [4.69, 9.17) is 4.74 Å². The van der Waals surface area contributed by atoms with Gasteiger partial charge in [-0.25, -0.2) is 9.78 Å². The topological polar surface area (TPSA) is 62.7 Å². The summed E-state index contributed by atoms with van der Waals surface area (Å²) in [6.45, 7) is 1.26. The molecule has 27 heavy (non-hydrogen) atoms. The molecule has 1 unspecified atom stereocenters. The van der Waals surface area contributed by atoms with E-state index in [9.17, 15) is 14.0 Å². The van der Waals surface area contributed by atoms with Crippen molar-refractivity contribution in [1.29, 1.82) is 0 Å². The van der Waals surface area contributed by atoms with Crippen LogP contribution in [0.25, 0.3) is 0 Å². The highest BCUT2D eigenvalue weighted by Gasteiger charge is 2.40. The van der Waals surface area contributed by atoms with Crippen LogP contribution in [-0.4, -0.2) is 52.5 Å². The summed E-state index contributed by atoms with van der Waals surface area (Å²) in [5.74, 6) is -1.11. The number of halogens is 1. The average Bonchev–Trinajstić information content (AvgIpc) is 3.10. The van der Waals surface area contributed by atoms with Gasteiger partial charge in [-0.15, -0.1) is 0 Å². The van der Waals surface area contributed by atoms with Gasteiger partial charge in [-0.1, -0.05) is 30.3 Å². The zero-order valence-corrected chi connectivity index (χ0v) is 14.8. The fourth-order valence-electron chi connectivity index (χ4n) is 3.83. The Hall–Kier alpha value is -2.96. The van der Waals surface area contributed by atoms with Gasteiger partial charge in [-0.3, -0.25) is 9.69 Å². The third-order valence-electron chi connectivity index (χ3n) is 5.23. The van der Waals surface area contributed by atoms with Crippen molar-refractivity contribution >= 4 is 12.0 Å². The molecule has 1 aromatic heterocycles. The molecular weight excluding hydrogens is 349 g/mol. The number of piperidine rings is 1. The van der Waals surface area contributed by atoms with Crippen molar-refractivity contribution in [1.82, 2.24) is 14.8 Å². The van der Waals surface area contributed by atoms with Crippen molar-refractivity contribution in [2.75, 3.05) is 19.7 Å². The molecule has 140 valence electrons. The molecule has 0 aliphatic carbocycles. The largest absolute Gasteiger partial charge is 0.447 e. The molecular formula is C20H20FN3O3. The number of cyclic esters (lactones) is 1. The van der Waals surface area contributed by atoms with E-state index in [1.165, 1.54) is 12.3 Å². The lowest BCUT2D eigenvalue weighted by Gasteiger charge is -2.38. The Bertz CT molecular complexity index is 837. The predicted molar refractivity (Wildman–Crippen MR) is 95.5 cm³/mol. The molecule has 4 rings (SSSR count). The molecule has 0 bridgehead atoms. The number of rotatable bonds is 3. The van der Waals surface area contributed by atoms with Gasteiger partial charge in [0.1, 0.15) is 6.61 Å². The van der Waals surface area contributed by atoms with Gasteiger partial charge in [0, 0.05) is 25.3 Å². The molecule has 2 aliphatic rings. The number of pyridine rings is 1. The third kappa shape index (κ3) is 3.37.